The first-order chi connectivity index (χ1) is 15.3. The third kappa shape index (κ3) is 5.92. The fraction of sp³-hybridized carbons (Fsp3) is 0.125. The number of hydrogen-bond donors (Lipinski definition) is 3. The molecule has 3 aromatic rings. The fourth-order valence-electron chi connectivity index (χ4n) is 2.87. The molecule has 3 N–H and O–H groups in total. The van der Waals surface area contributed by atoms with Crippen LogP contribution >= 0.6 is 11.6 Å². The molecule has 6 nitrogen and oxygen atoms in total. The number of carbonyl (C=O) groups excluding carboxylic acids is 3. The predicted molar refractivity (Wildman–Crippen MR) is 122 cm³/mol. The minimum atomic E-state index is -0.714. The number of benzene rings is 3. The van der Waals surface area contributed by atoms with Crippen LogP contribution in [-0.4, -0.2) is 30.8 Å². The maximum absolute atomic E-state index is 13.7. The normalized spacial score (nSPS) is 10.3. The van der Waals surface area contributed by atoms with Crippen molar-refractivity contribution in [2.24, 2.45) is 0 Å². The van der Waals surface area contributed by atoms with Crippen molar-refractivity contribution in [2.75, 3.05) is 18.4 Å². The lowest BCUT2D eigenvalue weighted by Gasteiger charge is -2.10. The van der Waals surface area contributed by atoms with Crippen LogP contribution in [0, 0.1) is 12.7 Å². The molecule has 0 saturated heterocycles. The van der Waals surface area contributed by atoms with Gasteiger partial charge in [0, 0.05) is 29.9 Å². The number of rotatable bonds is 7. The lowest BCUT2D eigenvalue weighted by atomic mass is 10.1. The molecule has 0 unspecified atom stereocenters. The van der Waals surface area contributed by atoms with Crippen LogP contribution in [0.4, 0.5) is 10.1 Å². The zero-order valence-corrected chi connectivity index (χ0v) is 18.0. The second-order valence-electron chi connectivity index (χ2n) is 7.01. The summed E-state index contributed by atoms with van der Waals surface area (Å²) in [6.07, 6.45) is 0. The molecule has 0 spiro atoms. The van der Waals surface area contributed by atoms with Gasteiger partial charge in [0.25, 0.3) is 17.7 Å². The van der Waals surface area contributed by atoms with E-state index < -0.39 is 11.7 Å². The Labute approximate surface area is 189 Å². The first-order valence-corrected chi connectivity index (χ1v) is 10.2. The SMILES string of the molecule is Cc1ccc(C(=O)Nc2ccc(C(=O)NCCNC(=O)c3c(F)cccc3Cl)cc2)cc1. The number of anilines is 1. The monoisotopic (exact) mass is 453 g/mol. The molecule has 3 rings (SSSR count). The van der Waals surface area contributed by atoms with Crippen LogP contribution in [0.15, 0.2) is 66.7 Å². The molecular weight excluding hydrogens is 433 g/mol. The zero-order valence-electron chi connectivity index (χ0n) is 17.2. The Balaban J connectivity index is 1.47. The van der Waals surface area contributed by atoms with Gasteiger partial charge in [-0.05, 0) is 55.5 Å². The molecule has 0 radical (unpaired) electrons. The van der Waals surface area contributed by atoms with Gasteiger partial charge >= 0.3 is 0 Å². The van der Waals surface area contributed by atoms with Crippen molar-refractivity contribution in [1.82, 2.24) is 10.6 Å². The van der Waals surface area contributed by atoms with E-state index in [1.165, 1.54) is 12.1 Å². The molecule has 0 heterocycles. The van der Waals surface area contributed by atoms with E-state index in [1.54, 1.807) is 36.4 Å². The smallest absolute Gasteiger partial charge is 0.255 e. The third-order valence-corrected chi connectivity index (χ3v) is 4.92. The molecule has 0 bridgehead atoms. The van der Waals surface area contributed by atoms with Crippen LogP contribution in [0.2, 0.25) is 5.02 Å². The highest BCUT2D eigenvalue weighted by molar-refractivity contribution is 6.33. The average molecular weight is 454 g/mol. The average Bonchev–Trinajstić information content (AvgIpc) is 2.77. The highest BCUT2D eigenvalue weighted by atomic mass is 35.5. The summed E-state index contributed by atoms with van der Waals surface area (Å²) in [6, 6.07) is 17.6. The molecule has 0 aliphatic heterocycles. The molecule has 0 saturated carbocycles. The number of carbonyl (C=O) groups is 3. The summed E-state index contributed by atoms with van der Waals surface area (Å²) >= 11 is 5.86. The maximum Gasteiger partial charge on any atom is 0.255 e. The van der Waals surface area contributed by atoms with Gasteiger partial charge in [0.05, 0.1) is 10.6 Å². The highest BCUT2D eigenvalue weighted by Gasteiger charge is 2.15. The van der Waals surface area contributed by atoms with Gasteiger partial charge < -0.3 is 16.0 Å². The van der Waals surface area contributed by atoms with E-state index in [4.69, 9.17) is 11.6 Å². The maximum atomic E-state index is 13.7. The lowest BCUT2D eigenvalue weighted by molar-refractivity contribution is 0.0925. The van der Waals surface area contributed by atoms with Crippen LogP contribution in [0.3, 0.4) is 0 Å². The van der Waals surface area contributed by atoms with Crippen molar-refractivity contribution in [1.29, 1.82) is 0 Å². The van der Waals surface area contributed by atoms with Gasteiger partial charge in [0.15, 0.2) is 0 Å². The third-order valence-electron chi connectivity index (χ3n) is 4.60. The molecule has 8 heteroatoms. The van der Waals surface area contributed by atoms with Crippen LogP contribution in [0.25, 0.3) is 0 Å². The van der Waals surface area contributed by atoms with E-state index in [1.807, 2.05) is 19.1 Å². The largest absolute Gasteiger partial charge is 0.350 e. The Morgan fingerprint density at radius 2 is 1.34 bits per heavy atom. The predicted octanol–water partition coefficient (Wildman–Crippen LogP) is 4.20. The van der Waals surface area contributed by atoms with Crippen LogP contribution < -0.4 is 16.0 Å². The van der Waals surface area contributed by atoms with Gasteiger partial charge in [-0.3, -0.25) is 14.4 Å². The summed E-state index contributed by atoms with van der Waals surface area (Å²) in [5.74, 6) is -1.96. The Morgan fingerprint density at radius 1 is 0.781 bits per heavy atom. The van der Waals surface area contributed by atoms with E-state index >= 15 is 0 Å². The molecule has 3 amide bonds. The first-order valence-electron chi connectivity index (χ1n) is 9.83. The van der Waals surface area contributed by atoms with E-state index in [9.17, 15) is 18.8 Å². The molecular formula is C24H21ClFN3O3. The van der Waals surface area contributed by atoms with E-state index in [-0.39, 0.29) is 35.5 Å². The van der Waals surface area contributed by atoms with Crippen molar-refractivity contribution in [2.45, 2.75) is 6.92 Å². The van der Waals surface area contributed by atoms with Crippen molar-refractivity contribution < 1.29 is 18.8 Å². The van der Waals surface area contributed by atoms with Gasteiger partial charge in [-0.2, -0.15) is 0 Å². The Hall–Kier alpha value is -3.71. The van der Waals surface area contributed by atoms with Crippen molar-refractivity contribution in [3.8, 4) is 0 Å². The molecule has 32 heavy (non-hydrogen) atoms. The molecule has 0 fully saturated rings. The van der Waals surface area contributed by atoms with Crippen molar-refractivity contribution >= 4 is 35.0 Å². The molecule has 3 aromatic carbocycles. The molecule has 0 aliphatic rings. The quantitative estimate of drug-likeness (QED) is 0.468. The summed E-state index contributed by atoms with van der Waals surface area (Å²) in [4.78, 5) is 36.6. The molecule has 0 atom stereocenters. The minimum Gasteiger partial charge on any atom is -0.350 e. The first kappa shape index (κ1) is 23.0. The van der Waals surface area contributed by atoms with E-state index in [2.05, 4.69) is 16.0 Å². The summed E-state index contributed by atoms with van der Waals surface area (Å²) in [5.41, 5.74) is 2.32. The van der Waals surface area contributed by atoms with Crippen LogP contribution in [0.5, 0.6) is 0 Å². The Kier molecular flexibility index (Phi) is 7.57. The van der Waals surface area contributed by atoms with Crippen molar-refractivity contribution in [3.05, 3.63) is 99.8 Å². The summed E-state index contributed by atoms with van der Waals surface area (Å²) in [7, 11) is 0. The number of amides is 3. The molecule has 0 aliphatic carbocycles. The number of nitrogens with one attached hydrogen (secondary N) is 3. The number of hydrogen-bond acceptors (Lipinski definition) is 3. The van der Waals surface area contributed by atoms with Gasteiger partial charge in [-0.1, -0.05) is 35.4 Å². The topological polar surface area (TPSA) is 87.3 Å². The van der Waals surface area contributed by atoms with E-state index in [0.29, 0.717) is 16.8 Å². The van der Waals surface area contributed by atoms with Crippen LogP contribution in [0.1, 0.15) is 36.6 Å². The standard InChI is InChI=1S/C24H21ClFN3O3/c1-15-5-7-17(8-6-15)23(31)29-18-11-9-16(10-12-18)22(30)27-13-14-28-24(32)21-19(25)3-2-4-20(21)26/h2-12H,13-14H2,1H3,(H,27,30)(H,28,32)(H,29,31). The summed E-state index contributed by atoms with van der Waals surface area (Å²) < 4.78 is 13.7. The van der Waals surface area contributed by atoms with Crippen LogP contribution in [-0.2, 0) is 0 Å². The van der Waals surface area contributed by atoms with Gasteiger partial charge in [-0.15, -0.1) is 0 Å². The number of aryl methyl sites for hydroxylation is 1. The summed E-state index contributed by atoms with van der Waals surface area (Å²) in [6.45, 7) is 2.18. The zero-order chi connectivity index (χ0) is 23.1. The van der Waals surface area contributed by atoms with Gasteiger partial charge in [0.1, 0.15) is 5.82 Å². The summed E-state index contributed by atoms with van der Waals surface area (Å²) in [5, 5.41) is 7.96. The molecule has 164 valence electrons. The minimum absolute atomic E-state index is 0.0149. The van der Waals surface area contributed by atoms with Crippen molar-refractivity contribution in [3.63, 3.8) is 0 Å². The fourth-order valence-corrected chi connectivity index (χ4v) is 3.12. The van der Waals surface area contributed by atoms with E-state index in [0.717, 1.165) is 11.6 Å². The second kappa shape index (κ2) is 10.5. The number of halogens is 2. The lowest BCUT2D eigenvalue weighted by Crippen LogP contribution is -2.35. The second-order valence-corrected chi connectivity index (χ2v) is 7.41. The van der Waals surface area contributed by atoms with Gasteiger partial charge in [0.2, 0.25) is 0 Å². The highest BCUT2D eigenvalue weighted by Crippen LogP contribution is 2.18. The Bertz CT molecular complexity index is 1110. The molecule has 0 aromatic heterocycles. The van der Waals surface area contributed by atoms with Gasteiger partial charge in [-0.25, -0.2) is 4.39 Å². The Morgan fingerprint density at radius 3 is 1.97 bits per heavy atom.